The molecule has 1 atom stereocenters. The summed E-state index contributed by atoms with van der Waals surface area (Å²) in [7, 11) is 0. The number of hydrogen-bond acceptors (Lipinski definition) is 6. The second-order valence-corrected chi connectivity index (χ2v) is 8.21. The molecular formula is C22H18Cl2N2O6. The summed E-state index contributed by atoms with van der Waals surface area (Å²) in [6, 6.07) is 8.66. The van der Waals surface area contributed by atoms with Crippen molar-refractivity contribution < 1.29 is 28.7 Å². The SMILES string of the molecule is O=C(COC(=O)c1ccc2c(c1)C(=O)N(C[C@H]1CCCO1)C2=O)Nc1cc(Cl)ccc1Cl. The van der Waals surface area contributed by atoms with Crippen molar-refractivity contribution >= 4 is 52.6 Å². The van der Waals surface area contributed by atoms with Crippen molar-refractivity contribution in [3.8, 4) is 0 Å². The van der Waals surface area contributed by atoms with Crippen LogP contribution in [0, 0.1) is 0 Å². The van der Waals surface area contributed by atoms with E-state index in [1.165, 1.54) is 30.3 Å². The fourth-order valence-electron chi connectivity index (χ4n) is 3.57. The number of nitrogens with one attached hydrogen (secondary N) is 1. The molecule has 0 spiro atoms. The molecule has 2 heterocycles. The molecule has 1 fully saturated rings. The highest BCUT2D eigenvalue weighted by molar-refractivity contribution is 6.35. The first-order valence-electron chi connectivity index (χ1n) is 9.87. The molecule has 2 aliphatic heterocycles. The summed E-state index contributed by atoms with van der Waals surface area (Å²) in [5.41, 5.74) is 0.682. The zero-order valence-corrected chi connectivity index (χ0v) is 18.2. The molecule has 3 amide bonds. The normalized spacial score (nSPS) is 17.4. The molecule has 0 saturated carbocycles. The summed E-state index contributed by atoms with van der Waals surface area (Å²) in [4.78, 5) is 50.9. The number of rotatable bonds is 6. The Labute approximate surface area is 193 Å². The van der Waals surface area contributed by atoms with Gasteiger partial charge in [-0.05, 0) is 49.2 Å². The third kappa shape index (κ3) is 4.62. The highest BCUT2D eigenvalue weighted by atomic mass is 35.5. The first kappa shape index (κ1) is 22.3. The number of ether oxygens (including phenoxy) is 2. The Kier molecular flexibility index (Phi) is 6.45. The number of nitrogens with zero attached hydrogens (tertiary/aromatic N) is 1. The molecule has 2 aromatic carbocycles. The number of amides is 3. The van der Waals surface area contributed by atoms with Crippen LogP contribution in [0.25, 0.3) is 0 Å². The third-order valence-corrected chi connectivity index (χ3v) is 5.72. The largest absolute Gasteiger partial charge is 0.452 e. The molecule has 0 bridgehead atoms. The minimum atomic E-state index is -0.807. The van der Waals surface area contributed by atoms with E-state index in [4.69, 9.17) is 32.7 Å². The van der Waals surface area contributed by atoms with Gasteiger partial charge in [0.1, 0.15) is 0 Å². The lowest BCUT2D eigenvalue weighted by atomic mass is 10.1. The average Bonchev–Trinajstić information content (AvgIpc) is 3.37. The smallest absolute Gasteiger partial charge is 0.338 e. The summed E-state index contributed by atoms with van der Waals surface area (Å²) < 4.78 is 10.5. The Morgan fingerprint density at radius 2 is 1.88 bits per heavy atom. The first-order valence-corrected chi connectivity index (χ1v) is 10.6. The number of anilines is 1. The minimum absolute atomic E-state index is 0.0532. The zero-order chi connectivity index (χ0) is 22.8. The topological polar surface area (TPSA) is 102 Å². The monoisotopic (exact) mass is 476 g/mol. The molecule has 4 rings (SSSR count). The number of hydrogen-bond donors (Lipinski definition) is 1. The molecule has 0 unspecified atom stereocenters. The summed E-state index contributed by atoms with van der Waals surface area (Å²) in [6.07, 6.45) is 1.50. The maximum Gasteiger partial charge on any atom is 0.338 e. The molecule has 0 aromatic heterocycles. The number of imide groups is 1. The molecule has 0 aliphatic carbocycles. The second kappa shape index (κ2) is 9.28. The number of carbonyl (C=O) groups excluding carboxylic acids is 4. The van der Waals surface area contributed by atoms with E-state index >= 15 is 0 Å². The van der Waals surface area contributed by atoms with Gasteiger partial charge < -0.3 is 14.8 Å². The standard InChI is InChI=1S/C22H18Cl2N2O6/c23-13-4-6-17(24)18(9-13)25-19(27)11-32-22(30)12-3-5-15-16(8-12)21(29)26(20(15)28)10-14-2-1-7-31-14/h3-6,8-9,14H,1-2,7,10-11H2,(H,25,27)/t14-/m1/s1. The molecule has 10 heteroatoms. The Bertz CT molecular complexity index is 1110. The second-order valence-electron chi connectivity index (χ2n) is 7.36. The highest BCUT2D eigenvalue weighted by Crippen LogP contribution is 2.27. The maximum atomic E-state index is 12.7. The molecule has 2 aliphatic rings. The molecular weight excluding hydrogens is 459 g/mol. The summed E-state index contributed by atoms with van der Waals surface area (Å²) in [5, 5.41) is 3.17. The number of esters is 1. The number of fused-ring (bicyclic) bond motifs is 1. The van der Waals surface area contributed by atoms with Crippen LogP contribution in [0.2, 0.25) is 10.0 Å². The zero-order valence-electron chi connectivity index (χ0n) is 16.7. The van der Waals surface area contributed by atoms with E-state index in [-0.39, 0.29) is 40.0 Å². The lowest BCUT2D eigenvalue weighted by molar-refractivity contribution is -0.119. The highest BCUT2D eigenvalue weighted by Gasteiger charge is 2.38. The Hall–Kier alpha value is -2.94. The summed E-state index contributed by atoms with van der Waals surface area (Å²) in [6.45, 7) is 0.218. The van der Waals surface area contributed by atoms with Crippen molar-refractivity contribution in [1.29, 1.82) is 0 Å². The number of carbonyl (C=O) groups is 4. The van der Waals surface area contributed by atoms with E-state index in [1.54, 1.807) is 6.07 Å². The van der Waals surface area contributed by atoms with Gasteiger partial charge in [0.25, 0.3) is 17.7 Å². The van der Waals surface area contributed by atoms with Gasteiger partial charge in [-0.15, -0.1) is 0 Å². The Morgan fingerprint density at radius 3 is 2.62 bits per heavy atom. The molecule has 166 valence electrons. The van der Waals surface area contributed by atoms with Crippen LogP contribution >= 0.6 is 23.2 Å². The van der Waals surface area contributed by atoms with Crippen LogP contribution in [0.3, 0.4) is 0 Å². The van der Waals surface area contributed by atoms with Crippen LogP contribution < -0.4 is 5.32 Å². The molecule has 0 radical (unpaired) electrons. The van der Waals surface area contributed by atoms with Crippen LogP contribution in [0.15, 0.2) is 36.4 Å². The van der Waals surface area contributed by atoms with Crippen LogP contribution in [-0.4, -0.2) is 54.5 Å². The van der Waals surface area contributed by atoms with E-state index in [9.17, 15) is 19.2 Å². The molecule has 8 nitrogen and oxygen atoms in total. The van der Waals surface area contributed by atoms with Crippen LogP contribution in [-0.2, 0) is 14.3 Å². The molecule has 2 aromatic rings. The molecule has 1 N–H and O–H groups in total. The van der Waals surface area contributed by atoms with Gasteiger partial charge >= 0.3 is 5.97 Å². The van der Waals surface area contributed by atoms with E-state index in [0.717, 1.165) is 17.7 Å². The Balaban J connectivity index is 1.39. The lowest BCUT2D eigenvalue weighted by Gasteiger charge is -2.17. The minimum Gasteiger partial charge on any atom is -0.452 e. The van der Waals surface area contributed by atoms with Gasteiger partial charge in [0, 0.05) is 11.6 Å². The van der Waals surface area contributed by atoms with Crippen molar-refractivity contribution in [2.75, 3.05) is 25.1 Å². The summed E-state index contributed by atoms with van der Waals surface area (Å²) in [5.74, 6) is -2.32. The van der Waals surface area contributed by atoms with Gasteiger partial charge in [-0.25, -0.2) is 4.79 Å². The van der Waals surface area contributed by atoms with E-state index in [0.29, 0.717) is 11.6 Å². The van der Waals surface area contributed by atoms with Gasteiger partial charge in [0.2, 0.25) is 0 Å². The van der Waals surface area contributed by atoms with E-state index in [1.807, 2.05) is 0 Å². The summed E-state index contributed by atoms with van der Waals surface area (Å²) >= 11 is 11.9. The van der Waals surface area contributed by atoms with Gasteiger partial charge in [-0.1, -0.05) is 23.2 Å². The van der Waals surface area contributed by atoms with Crippen molar-refractivity contribution in [3.63, 3.8) is 0 Å². The molecule has 32 heavy (non-hydrogen) atoms. The van der Waals surface area contributed by atoms with Gasteiger partial charge in [0.15, 0.2) is 6.61 Å². The van der Waals surface area contributed by atoms with Crippen LogP contribution in [0.4, 0.5) is 5.69 Å². The Morgan fingerprint density at radius 1 is 1.09 bits per heavy atom. The van der Waals surface area contributed by atoms with Gasteiger partial charge in [0.05, 0.1) is 40.0 Å². The first-order chi connectivity index (χ1) is 15.3. The predicted octanol–water partition coefficient (Wildman–Crippen LogP) is 3.56. The third-order valence-electron chi connectivity index (χ3n) is 5.15. The van der Waals surface area contributed by atoms with Crippen molar-refractivity contribution in [1.82, 2.24) is 4.90 Å². The average molecular weight is 477 g/mol. The number of benzene rings is 2. The lowest BCUT2D eigenvalue weighted by Crippen LogP contribution is -2.36. The quantitative estimate of drug-likeness (QED) is 0.504. The predicted molar refractivity (Wildman–Crippen MR) is 116 cm³/mol. The van der Waals surface area contributed by atoms with Crippen molar-refractivity contribution in [2.24, 2.45) is 0 Å². The van der Waals surface area contributed by atoms with E-state index < -0.39 is 30.3 Å². The van der Waals surface area contributed by atoms with Crippen molar-refractivity contribution in [2.45, 2.75) is 18.9 Å². The fourth-order valence-corrected chi connectivity index (χ4v) is 3.91. The van der Waals surface area contributed by atoms with Crippen molar-refractivity contribution in [3.05, 3.63) is 63.1 Å². The van der Waals surface area contributed by atoms with Gasteiger partial charge in [-0.2, -0.15) is 0 Å². The molecule has 1 saturated heterocycles. The van der Waals surface area contributed by atoms with Crippen LogP contribution in [0.5, 0.6) is 0 Å². The van der Waals surface area contributed by atoms with Crippen LogP contribution in [0.1, 0.15) is 43.9 Å². The van der Waals surface area contributed by atoms with Gasteiger partial charge in [-0.3, -0.25) is 19.3 Å². The maximum absolute atomic E-state index is 12.7. The van der Waals surface area contributed by atoms with E-state index in [2.05, 4.69) is 5.32 Å². The number of halogens is 2. The fraction of sp³-hybridized carbons (Fsp3) is 0.273.